The molecule has 0 fully saturated rings. The molecule has 24 heavy (non-hydrogen) atoms. The molecule has 0 aliphatic carbocycles. The van der Waals surface area contributed by atoms with E-state index in [0.29, 0.717) is 16.9 Å². The lowest BCUT2D eigenvalue weighted by atomic mass is 10.2. The second kappa shape index (κ2) is 7.99. The summed E-state index contributed by atoms with van der Waals surface area (Å²) in [5, 5.41) is 18.5. The smallest absolute Gasteiger partial charge is 0.276 e. The normalized spacial score (nSPS) is 12.1. The zero-order valence-corrected chi connectivity index (χ0v) is 14.1. The Labute approximate surface area is 144 Å². The highest BCUT2D eigenvalue weighted by Gasteiger charge is 2.12. The average Bonchev–Trinajstić information content (AvgIpc) is 3.09. The first-order valence-corrected chi connectivity index (χ1v) is 8.58. The maximum atomic E-state index is 10.0. The number of ether oxygens (including phenoxy) is 1. The number of benzene rings is 2. The van der Waals surface area contributed by atoms with Crippen molar-refractivity contribution in [1.29, 1.82) is 0 Å². The molecule has 3 rings (SSSR count). The lowest BCUT2D eigenvalue weighted by molar-refractivity contribution is 0.126. The Kier molecular flexibility index (Phi) is 5.51. The third kappa shape index (κ3) is 4.59. The number of hydrogen-bond donors (Lipinski definition) is 1. The van der Waals surface area contributed by atoms with E-state index >= 15 is 0 Å². The van der Waals surface area contributed by atoms with E-state index in [1.54, 1.807) is 0 Å². The molecule has 0 amide bonds. The van der Waals surface area contributed by atoms with Crippen molar-refractivity contribution in [2.75, 3.05) is 12.4 Å². The average molecular weight is 342 g/mol. The van der Waals surface area contributed by atoms with Crippen molar-refractivity contribution in [3.63, 3.8) is 0 Å². The number of aliphatic hydroxyl groups excluding tert-OH is 1. The van der Waals surface area contributed by atoms with Gasteiger partial charge in [-0.05, 0) is 31.2 Å². The third-order valence-corrected chi connectivity index (χ3v) is 4.25. The highest BCUT2D eigenvalue weighted by atomic mass is 32.2. The van der Waals surface area contributed by atoms with Gasteiger partial charge in [0, 0.05) is 11.3 Å². The van der Waals surface area contributed by atoms with E-state index in [1.165, 1.54) is 17.3 Å². The molecule has 1 atom stereocenters. The number of thioether (sulfide) groups is 1. The van der Waals surface area contributed by atoms with Gasteiger partial charge in [0.05, 0.1) is 6.10 Å². The fourth-order valence-electron chi connectivity index (χ4n) is 2.01. The first kappa shape index (κ1) is 16.5. The van der Waals surface area contributed by atoms with Crippen LogP contribution in [-0.4, -0.2) is 33.8 Å². The van der Waals surface area contributed by atoms with Crippen LogP contribution in [-0.2, 0) is 0 Å². The van der Waals surface area contributed by atoms with Crippen LogP contribution >= 0.6 is 11.8 Å². The summed E-state index contributed by atoms with van der Waals surface area (Å²) in [6.45, 7) is 2.24. The van der Waals surface area contributed by atoms with Crippen molar-refractivity contribution >= 4 is 11.8 Å². The molecular weight excluding hydrogens is 324 g/mol. The lowest BCUT2D eigenvalue weighted by Crippen LogP contribution is -2.20. The number of aromatic nitrogens is 2. The van der Waals surface area contributed by atoms with Gasteiger partial charge in [-0.2, -0.15) is 0 Å². The van der Waals surface area contributed by atoms with Crippen LogP contribution in [0.1, 0.15) is 5.56 Å². The highest BCUT2D eigenvalue weighted by molar-refractivity contribution is 7.99. The summed E-state index contributed by atoms with van der Waals surface area (Å²) < 4.78 is 11.1. The second-order valence-corrected chi connectivity index (χ2v) is 6.30. The van der Waals surface area contributed by atoms with Crippen molar-refractivity contribution in [3.05, 3.63) is 60.2 Å². The molecule has 124 valence electrons. The Morgan fingerprint density at radius 1 is 1.08 bits per heavy atom. The van der Waals surface area contributed by atoms with Crippen molar-refractivity contribution in [2.24, 2.45) is 0 Å². The van der Waals surface area contributed by atoms with Gasteiger partial charge in [0.15, 0.2) is 0 Å². The fourth-order valence-corrected chi connectivity index (χ4v) is 2.68. The summed E-state index contributed by atoms with van der Waals surface area (Å²) in [6, 6.07) is 17.3. The lowest BCUT2D eigenvalue weighted by Gasteiger charge is -2.11. The molecule has 0 bridgehead atoms. The van der Waals surface area contributed by atoms with E-state index in [1.807, 2.05) is 61.5 Å². The van der Waals surface area contributed by atoms with Crippen LogP contribution in [0.4, 0.5) is 0 Å². The van der Waals surface area contributed by atoms with Crippen LogP contribution < -0.4 is 4.74 Å². The molecule has 1 aromatic heterocycles. The highest BCUT2D eigenvalue weighted by Crippen LogP contribution is 2.23. The van der Waals surface area contributed by atoms with Gasteiger partial charge in [-0.25, -0.2) is 0 Å². The number of aliphatic hydroxyl groups is 1. The van der Waals surface area contributed by atoms with Gasteiger partial charge in [0.1, 0.15) is 12.4 Å². The zero-order valence-electron chi connectivity index (χ0n) is 13.3. The van der Waals surface area contributed by atoms with Crippen LogP contribution in [0.15, 0.2) is 64.2 Å². The van der Waals surface area contributed by atoms with Crippen molar-refractivity contribution in [1.82, 2.24) is 10.2 Å². The first-order valence-electron chi connectivity index (χ1n) is 7.60. The molecule has 0 saturated heterocycles. The largest absolute Gasteiger partial charge is 0.491 e. The summed E-state index contributed by atoms with van der Waals surface area (Å²) in [7, 11) is 0. The van der Waals surface area contributed by atoms with Crippen LogP contribution in [0.2, 0.25) is 0 Å². The maximum absolute atomic E-state index is 10.0. The standard InChI is InChI=1S/C18H18N2O3S/c1-13-7-9-16(10-8-13)22-11-15(21)12-24-18-20-19-17(23-18)14-5-3-2-4-6-14/h2-10,15,21H,11-12H2,1H3. The quantitative estimate of drug-likeness (QED) is 0.662. The van der Waals surface area contributed by atoms with Crippen molar-refractivity contribution < 1.29 is 14.3 Å². The van der Waals surface area contributed by atoms with Crippen LogP contribution in [0.25, 0.3) is 11.5 Å². The molecule has 3 aromatic rings. The molecule has 1 unspecified atom stereocenters. The summed E-state index contributed by atoms with van der Waals surface area (Å²) in [4.78, 5) is 0. The van der Waals surface area contributed by atoms with Gasteiger partial charge in [-0.15, -0.1) is 10.2 Å². The molecule has 1 heterocycles. The van der Waals surface area contributed by atoms with E-state index in [0.717, 1.165) is 11.3 Å². The molecule has 6 heteroatoms. The van der Waals surface area contributed by atoms with E-state index in [2.05, 4.69) is 10.2 Å². The van der Waals surface area contributed by atoms with Crippen molar-refractivity contribution in [3.8, 4) is 17.2 Å². The van der Waals surface area contributed by atoms with Gasteiger partial charge in [-0.3, -0.25) is 0 Å². The predicted molar refractivity (Wildman–Crippen MR) is 93.1 cm³/mol. The molecule has 0 aliphatic heterocycles. The van der Waals surface area contributed by atoms with E-state index in [9.17, 15) is 5.11 Å². The van der Waals surface area contributed by atoms with Crippen molar-refractivity contribution in [2.45, 2.75) is 18.3 Å². The third-order valence-electron chi connectivity index (χ3n) is 3.29. The van der Waals surface area contributed by atoms with Gasteiger partial charge >= 0.3 is 0 Å². The number of aryl methyl sites for hydroxylation is 1. The predicted octanol–water partition coefficient (Wildman–Crippen LogP) is 3.58. The minimum Gasteiger partial charge on any atom is -0.491 e. The molecule has 0 aliphatic rings. The number of hydrogen-bond acceptors (Lipinski definition) is 6. The fraction of sp³-hybridized carbons (Fsp3) is 0.222. The molecule has 5 nitrogen and oxygen atoms in total. The number of nitrogens with zero attached hydrogens (tertiary/aromatic N) is 2. The van der Waals surface area contributed by atoms with Gasteiger partial charge in [0.25, 0.3) is 5.22 Å². The molecule has 2 aromatic carbocycles. The molecule has 0 spiro atoms. The Morgan fingerprint density at radius 3 is 2.58 bits per heavy atom. The van der Waals surface area contributed by atoms with Gasteiger partial charge < -0.3 is 14.3 Å². The minimum absolute atomic E-state index is 0.218. The van der Waals surface area contributed by atoms with Crippen LogP contribution in [0.5, 0.6) is 5.75 Å². The maximum Gasteiger partial charge on any atom is 0.276 e. The SMILES string of the molecule is Cc1ccc(OCC(O)CSc2nnc(-c3ccccc3)o2)cc1. The topological polar surface area (TPSA) is 68.4 Å². The monoisotopic (exact) mass is 342 g/mol. The Balaban J connectivity index is 1.47. The van der Waals surface area contributed by atoms with Crippen LogP contribution in [0, 0.1) is 6.92 Å². The number of rotatable bonds is 7. The Morgan fingerprint density at radius 2 is 1.83 bits per heavy atom. The van der Waals surface area contributed by atoms with Gasteiger partial charge in [-0.1, -0.05) is 47.7 Å². The van der Waals surface area contributed by atoms with E-state index < -0.39 is 6.10 Å². The minimum atomic E-state index is -0.622. The van der Waals surface area contributed by atoms with E-state index in [4.69, 9.17) is 9.15 Å². The molecule has 1 N–H and O–H groups in total. The summed E-state index contributed by atoms with van der Waals surface area (Å²) in [6.07, 6.45) is -0.622. The zero-order chi connectivity index (χ0) is 16.8. The molecule has 0 saturated carbocycles. The van der Waals surface area contributed by atoms with Gasteiger partial charge in [0.2, 0.25) is 5.89 Å². The second-order valence-electron chi connectivity index (χ2n) is 5.33. The van der Waals surface area contributed by atoms with E-state index in [-0.39, 0.29) is 6.61 Å². The molecule has 0 radical (unpaired) electrons. The summed E-state index contributed by atoms with van der Waals surface area (Å²) in [5.74, 6) is 1.64. The molecular formula is C18H18N2O3S. The Bertz CT molecular complexity index is 759. The Hall–Kier alpha value is -2.31. The first-order chi connectivity index (χ1) is 11.7. The van der Waals surface area contributed by atoms with Crippen LogP contribution in [0.3, 0.4) is 0 Å². The summed E-state index contributed by atoms with van der Waals surface area (Å²) in [5.41, 5.74) is 2.05. The summed E-state index contributed by atoms with van der Waals surface area (Å²) >= 11 is 1.31.